The molecule has 0 aliphatic heterocycles. The van der Waals surface area contributed by atoms with E-state index >= 15 is 0 Å². The molecule has 0 saturated heterocycles. The van der Waals surface area contributed by atoms with Gasteiger partial charge in [-0.3, -0.25) is 10.1 Å². The molecule has 6 rings (SSSR count). The third-order valence-electron chi connectivity index (χ3n) is 6.43. The second kappa shape index (κ2) is 5.63. The van der Waals surface area contributed by atoms with Gasteiger partial charge in [0.2, 0.25) is 0 Å². The minimum Gasteiger partial charge on any atom is -0.296 e. The Balaban J connectivity index is 1.36. The second-order valence-electron chi connectivity index (χ2n) is 8.35. The summed E-state index contributed by atoms with van der Waals surface area (Å²) >= 11 is 1.55. The van der Waals surface area contributed by atoms with E-state index in [1.165, 1.54) is 44.2 Å². The molecule has 2 aromatic heterocycles. The van der Waals surface area contributed by atoms with Crippen LogP contribution in [0.3, 0.4) is 0 Å². The highest BCUT2D eigenvalue weighted by atomic mass is 32.1. The Hall–Kier alpha value is -1.75. The van der Waals surface area contributed by atoms with Gasteiger partial charge in [-0.25, -0.2) is 9.97 Å². The highest BCUT2D eigenvalue weighted by molar-refractivity contribution is 7.14. The van der Waals surface area contributed by atoms with Crippen LogP contribution in [0.4, 0.5) is 5.13 Å². The molecule has 0 aromatic carbocycles. The molecule has 4 aliphatic rings. The maximum absolute atomic E-state index is 12.4. The first kappa shape index (κ1) is 15.5. The second-order valence-corrected chi connectivity index (χ2v) is 9.21. The van der Waals surface area contributed by atoms with Gasteiger partial charge in [-0.1, -0.05) is 6.07 Å². The van der Waals surface area contributed by atoms with Gasteiger partial charge in [0.05, 0.1) is 5.69 Å². The number of nitrogens with zero attached hydrogens (tertiary/aromatic N) is 2. The summed E-state index contributed by atoms with van der Waals surface area (Å²) in [5.41, 5.74) is 2.81. The smallest absolute Gasteiger partial charge is 0.276 e. The number of pyridine rings is 1. The number of carbonyl (C=O) groups excluding carboxylic acids is 1. The first-order valence-electron chi connectivity index (χ1n) is 9.31. The number of aromatic nitrogens is 2. The molecule has 4 bridgehead atoms. The van der Waals surface area contributed by atoms with Crippen molar-refractivity contribution < 1.29 is 4.79 Å². The van der Waals surface area contributed by atoms with E-state index in [1.807, 2.05) is 19.1 Å². The molecule has 0 unspecified atom stereocenters. The van der Waals surface area contributed by atoms with E-state index in [9.17, 15) is 4.79 Å². The first-order valence-corrected chi connectivity index (χ1v) is 10.2. The first-order chi connectivity index (χ1) is 12.1. The summed E-state index contributed by atoms with van der Waals surface area (Å²) < 4.78 is 0. The minimum atomic E-state index is -0.171. The van der Waals surface area contributed by atoms with E-state index in [2.05, 4.69) is 15.7 Å². The van der Waals surface area contributed by atoms with Crippen molar-refractivity contribution in [2.24, 2.45) is 17.8 Å². The molecule has 1 N–H and O–H groups in total. The van der Waals surface area contributed by atoms with Crippen LogP contribution in [0.1, 0.15) is 60.4 Å². The number of carbonyl (C=O) groups is 1. The highest BCUT2D eigenvalue weighted by Gasteiger charge is 2.52. The highest BCUT2D eigenvalue weighted by Crippen LogP contribution is 2.60. The van der Waals surface area contributed by atoms with Crippen LogP contribution in [-0.2, 0) is 5.41 Å². The van der Waals surface area contributed by atoms with Crippen LogP contribution in [0, 0.1) is 24.7 Å². The quantitative estimate of drug-likeness (QED) is 0.879. The zero-order valence-electron chi connectivity index (χ0n) is 14.5. The molecule has 4 nitrogen and oxygen atoms in total. The average Bonchev–Trinajstić information content (AvgIpc) is 3.03. The van der Waals surface area contributed by atoms with E-state index in [0.29, 0.717) is 10.8 Å². The lowest BCUT2D eigenvalue weighted by Crippen LogP contribution is -2.48. The molecule has 4 saturated carbocycles. The molecule has 130 valence electrons. The van der Waals surface area contributed by atoms with Gasteiger partial charge in [0.1, 0.15) is 5.69 Å². The van der Waals surface area contributed by atoms with Crippen molar-refractivity contribution in [1.29, 1.82) is 0 Å². The van der Waals surface area contributed by atoms with E-state index in [1.54, 1.807) is 17.4 Å². The fourth-order valence-electron chi connectivity index (χ4n) is 5.83. The summed E-state index contributed by atoms with van der Waals surface area (Å²) in [6.45, 7) is 1.89. The Labute approximate surface area is 152 Å². The number of thiazole rings is 1. The van der Waals surface area contributed by atoms with E-state index in [-0.39, 0.29) is 11.3 Å². The van der Waals surface area contributed by atoms with E-state index in [4.69, 9.17) is 4.98 Å². The van der Waals surface area contributed by atoms with E-state index < -0.39 is 0 Å². The van der Waals surface area contributed by atoms with Crippen LogP contribution in [0.15, 0.2) is 23.6 Å². The molecule has 0 spiro atoms. The van der Waals surface area contributed by atoms with Gasteiger partial charge in [-0.15, -0.1) is 11.3 Å². The molecule has 25 heavy (non-hydrogen) atoms. The van der Waals surface area contributed by atoms with Crippen LogP contribution < -0.4 is 5.32 Å². The van der Waals surface area contributed by atoms with Crippen LogP contribution in [-0.4, -0.2) is 15.9 Å². The number of hydrogen-bond acceptors (Lipinski definition) is 4. The lowest BCUT2D eigenvalue weighted by Gasteiger charge is -2.56. The number of hydrogen-bond donors (Lipinski definition) is 1. The van der Waals surface area contributed by atoms with Gasteiger partial charge in [0.15, 0.2) is 5.13 Å². The Morgan fingerprint density at radius 3 is 2.44 bits per heavy atom. The number of aryl methyl sites for hydroxylation is 1. The number of anilines is 1. The summed E-state index contributed by atoms with van der Waals surface area (Å²) in [6, 6.07) is 5.50. The summed E-state index contributed by atoms with van der Waals surface area (Å²) in [5, 5.41) is 5.84. The van der Waals surface area contributed by atoms with Crippen LogP contribution in [0.25, 0.3) is 0 Å². The van der Waals surface area contributed by atoms with Gasteiger partial charge in [0.25, 0.3) is 5.91 Å². The molecule has 4 fully saturated rings. The van der Waals surface area contributed by atoms with Gasteiger partial charge in [-0.05, 0) is 75.3 Å². The molecular weight excluding hydrogens is 330 g/mol. The van der Waals surface area contributed by atoms with Crippen molar-refractivity contribution >= 4 is 22.4 Å². The maximum atomic E-state index is 12.4. The van der Waals surface area contributed by atoms with Gasteiger partial charge in [0, 0.05) is 16.5 Å². The fourth-order valence-corrected chi connectivity index (χ4v) is 6.66. The minimum absolute atomic E-state index is 0.171. The zero-order valence-corrected chi connectivity index (χ0v) is 15.3. The van der Waals surface area contributed by atoms with Crippen LogP contribution >= 0.6 is 11.3 Å². The van der Waals surface area contributed by atoms with Gasteiger partial charge in [-0.2, -0.15) is 0 Å². The van der Waals surface area contributed by atoms with E-state index in [0.717, 1.165) is 23.4 Å². The average molecular weight is 353 g/mol. The fraction of sp³-hybridized carbons (Fsp3) is 0.550. The largest absolute Gasteiger partial charge is 0.296 e. The monoisotopic (exact) mass is 353 g/mol. The molecule has 1 amide bonds. The molecule has 4 aliphatic carbocycles. The van der Waals surface area contributed by atoms with Gasteiger partial charge < -0.3 is 0 Å². The van der Waals surface area contributed by atoms with Gasteiger partial charge >= 0.3 is 0 Å². The standard InChI is InChI=1S/C20H23N3OS/c1-12-3-2-4-16(21-12)18(24)23-19-22-17(11-25-19)20-8-13-5-14(9-20)7-15(6-13)10-20/h2-4,11,13-15H,5-10H2,1H3,(H,22,23,24). The van der Waals surface area contributed by atoms with Crippen LogP contribution in [0.5, 0.6) is 0 Å². The Morgan fingerprint density at radius 2 is 1.80 bits per heavy atom. The van der Waals surface area contributed by atoms with Crippen molar-refractivity contribution in [2.75, 3.05) is 5.32 Å². The van der Waals surface area contributed by atoms with Crippen molar-refractivity contribution in [1.82, 2.24) is 9.97 Å². The summed E-state index contributed by atoms with van der Waals surface area (Å²) in [4.78, 5) is 21.6. The molecule has 0 radical (unpaired) electrons. The summed E-state index contributed by atoms with van der Waals surface area (Å²) in [7, 11) is 0. The number of rotatable bonds is 3. The normalized spacial score (nSPS) is 32.8. The topological polar surface area (TPSA) is 54.9 Å². The maximum Gasteiger partial charge on any atom is 0.276 e. The zero-order chi connectivity index (χ0) is 17.0. The third-order valence-corrected chi connectivity index (χ3v) is 7.18. The Morgan fingerprint density at radius 1 is 1.12 bits per heavy atom. The van der Waals surface area contributed by atoms with Crippen molar-refractivity contribution in [3.8, 4) is 0 Å². The predicted octanol–water partition coefficient (Wildman–Crippen LogP) is 4.57. The lowest BCUT2D eigenvalue weighted by atomic mass is 9.49. The van der Waals surface area contributed by atoms with Crippen molar-refractivity contribution in [3.63, 3.8) is 0 Å². The predicted molar refractivity (Wildman–Crippen MR) is 98.9 cm³/mol. The SMILES string of the molecule is Cc1cccc(C(=O)Nc2nc(C34CC5CC(CC(C5)C3)C4)cs2)n1. The summed E-state index contributed by atoms with van der Waals surface area (Å²) in [6.07, 6.45) is 8.21. The van der Waals surface area contributed by atoms with Crippen LogP contribution in [0.2, 0.25) is 0 Å². The molecule has 2 heterocycles. The molecule has 0 atom stereocenters. The van der Waals surface area contributed by atoms with Crippen molar-refractivity contribution in [2.45, 2.75) is 50.9 Å². The van der Waals surface area contributed by atoms with Crippen molar-refractivity contribution in [3.05, 3.63) is 40.7 Å². The number of nitrogens with one attached hydrogen (secondary N) is 1. The lowest BCUT2D eigenvalue weighted by molar-refractivity contribution is -0.00688. The Bertz CT molecular complexity index is 793. The third kappa shape index (κ3) is 2.69. The Kier molecular flexibility index (Phi) is 3.49. The molecule has 2 aromatic rings. The molecule has 5 heteroatoms. The number of amides is 1. The molecular formula is C20H23N3OS. The summed E-state index contributed by atoms with van der Waals surface area (Å²) in [5.74, 6) is 2.54.